The highest BCUT2D eigenvalue weighted by Gasteiger charge is 2.17. The predicted molar refractivity (Wildman–Crippen MR) is 113 cm³/mol. The second-order valence-corrected chi connectivity index (χ2v) is 7.32. The van der Waals surface area contributed by atoms with Gasteiger partial charge in [-0.25, -0.2) is 9.67 Å². The first-order chi connectivity index (χ1) is 14.1. The highest BCUT2D eigenvalue weighted by atomic mass is 16.5. The molecule has 1 saturated heterocycles. The molecule has 0 radical (unpaired) electrons. The van der Waals surface area contributed by atoms with Crippen LogP contribution in [0, 0.1) is 0 Å². The fraction of sp³-hybridized carbons (Fsp3) is 0.381. The Morgan fingerprint density at radius 1 is 1.14 bits per heavy atom. The standard InChI is InChI=1S/C21H26N6O2/c1-14(2)27-13-18(24-25-27)17-10-16(12-23-21(17)22)15-4-5-19(20(11-15)28-3)26-6-8-29-9-7-26/h4-5,10-14H,6-9H2,1-3H3,(H2,22,23). The molecule has 2 aromatic heterocycles. The van der Waals surface area contributed by atoms with E-state index in [0.29, 0.717) is 11.5 Å². The van der Waals surface area contributed by atoms with E-state index in [0.717, 1.165) is 54.4 Å². The summed E-state index contributed by atoms with van der Waals surface area (Å²) >= 11 is 0. The van der Waals surface area contributed by atoms with Crippen molar-refractivity contribution in [2.75, 3.05) is 44.0 Å². The van der Waals surface area contributed by atoms with Gasteiger partial charge in [0, 0.05) is 36.5 Å². The summed E-state index contributed by atoms with van der Waals surface area (Å²) in [5, 5.41) is 8.44. The summed E-state index contributed by atoms with van der Waals surface area (Å²) in [6.07, 6.45) is 3.67. The molecule has 0 saturated carbocycles. The first-order valence-electron chi connectivity index (χ1n) is 9.75. The van der Waals surface area contributed by atoms with E-state index in [1.807, 2.05) is 23.0 Å². The Morgan fingerprint density at radius 2 is 1.93 bits per heavy atom. The zero-order valence-corrected chi connectivity index (χ0v) is 17.0. The zero-order chi connectivity index (χ0) is 20.4. The monoisotopic (exact) mass is 394 g/mol. The van der Waals surface area contributed by atoms with Crippen molar-refractivity contribution in [3.63, 3.8) is 0 Å². The summed E-state index contributed by atoms with van der Waals surface area (Å²) in [7, 11) is 1.69. The Hall–Kier alpha value is -3.13. The molecule has 1 aromatic carbocycles. The van der Waals surface area contributed by atoms with Gasteiger partial charge in [0.15, 0.2) is 0 Å². The molecule has 2 N–H and O–H groups in total. The molecule has 3 heterocycles. The molecule has 0 unspecified atom stereocenters. The molecule has 8 nitrogen and oxygen atoms in total. The largest absolute Gasteiger partial charge is 0.495 e. The van der Waals surface area contributed by atoms with Crippen molar-refractivity contribution >= 4 is 11.5 Å². The van der Waals surface area contributed by atoms with Gasteiger partial charge in [0.1, 0.15) is 17.3 Å². The fourth-order valence-electron chi connectivity index (χ4n) is 3.41. The molecule has 29 heavy (non-hydrogen) atoms. The highest BCUT2D eigenvalue weighted by Crippen LogP contribution is 2.35. The first-order valence-corrected chi connectivity index (χ1v) is 9.75. The number of rotatable bonds is 5. The van der Waals surface area contributed by atoms with Crippen LogP contribution >= 0.6 is 0 Å². The lowest BCUT2D eigenvalue weighted by molar-refractivity contribution is 0.122. The van der Waals surface area contributed by atoms with E-state index in [4.69, 9.17) is 15.2 Å². The highest BCUT2D eigenvalue weighted by molar-refractivity contribution is 5.78. The number of anilines is 2. The summed E-state index contributed by atoms with van der Waals surface area (Å²) in [6, 6.07) is 8.43. The molecule has 0 atom stereocenters. The van der Waals surface area contributed by atoms with Crippen molar-refractivity contribution in [2.45, 2.75) is 19.9 Å². The van der Waals surface area contributed by atoms with Crippen LogP contribution in [0.3, 0.4) is 0 Å². The minimum atomic E-state index is 0.227. The van der Waals surface area contributed by atoms with Crippen LogP contribution in [0.4, 0.5) is 11.5 Å². The maximum Gasteiger partial charge on any atom is 0.142 e. The quantitative estimate of drug-likeness (QED) is 0.711. The fourth-order valence-corrected chi connectivity index (χ4v) is 3.41. The predicted octanol–water partition coefficient (Wildman–Crippen LogP) is 3.02. The van der Waals surface area contributed by atoms with E-state index in [-0.39, 0.29) is 6.04 Å². The molecule has 0 amide bonds. The molecule has 3 aromatic rings. The van der Waals surface area contributed by atoms with Crippen molar-refractivity contribution in [2.24, 2.45) is 0 Å². The molecule has 0 bridgehead atoms. The molecule has 8 heteroatoms. The maximum atomic E-state index is 6.13. The van der Waals surface area contributed by atoms with E-state index in [1.54, 1.807) is 13.3 Å². The number of nitrogens with zero attached hydrogens (tertiary/aromatic N) is 5. The smallest absolute Gasteiger partial charge is 0.142 e. The molecule has 4 rings (SSSR count). The van der Waals surface area contributed by atoms with Crippen LogP contribution in [-0.4, -0.2) is 53.4 Å². The van der Waals surface area contributed by atoms with Crippen LogP contribution in [0.25, 0.3) is 22.4 Å². The SMILES string of the molecule is COc1cc(-c2cnc(N)c(-c3cn(C(C)C)nn3)c2)ccc1N1CCOCC1. The van der Waals surface area contributed by atoms with Crippen LogP contribution in [-0.2, 0) is 4.74 Å². The maximum absolute atomic E-state index is 6.13. The minimum Gasteiger partial charge on any atom is -0.495 e. The summed E-state index contributed by atoms with van der Waals surface area (Å²) in [5.41, 5.74) is 10.6. The number of methoxy groups -OCH3 is 1. The lowest BCUT2D eigenvalue weighted by Gasteiger charge is -2.30. The molecule has 0 spiro atoms. The van der Waals surface area contributed by atoms with Gasteiger partial charge in [0.25, 0.3) is 0 Å². The first kappa shape index (κ1) is 19.2. The summed E-state index contributed by atoms with van der Waals surface area (Å²) < 4.78 is 12.9. The summed E-state index contributed by atoms with van der Waals surface area (Å²) in [6.45, 7) is 7.28. The number of nitrogen functional groups attached to an aromatic ring is 1. The Morgan fingerprint density at radius 3 is 2.62 bits per heavy atom. The van der Waals surface area contributed by atoms with Crippen molar-refractivity contribution in [3.8, 4) is 28.1 Å². The molecule has 1 fully saturated rings. The van der Waals surface area contributed by atoms with Crippen LogP contribution < -0.4 is 15.4 Å². The van der Waals surface area contributed by atoms with Crippen LogP contribution in [0.5, 0.6) is 5.75 Å². The molecule has 152 valence electrons. The van der Waals surface area contributed by atoms with Gasteiger partial charge >= 0.3 is 0 Å². The number of morpholine rings is 1. The van der Waals surface area contributed by atoms with Crippen molar-refractivity contribution in [1.82, 2.24) is 20.0 Å². The van der Waals surface area contributed by atoms with E-state index in [1.165, 1.54) is 0 Å². The summed E-state index contributed by atoms with van der Waals surface area (Å²) in [4.78, 5) is 6.67. The van der Waals surface area contributed by atoms with E-state index < -0.39 is 0 Å². The van der Waals surface area contributed by atoms with Crippen LogP contribution in [0.1, 0.15) is 19.9 Å². The van der Waals surface area contributed by atoms with Crippen molar-refractivity contribution < 1.29 is 9.47 Å². The Bertz CT molecular complexity index is 995. The molecular weight excluding hydrogens is 368 g/mol. The lowest BCUT2D eigenvalue weighted by Crippen LogP contribution is -2.36. The number of nitrogens with two attached hydrogens (primary N) is 1. The van der Waals surface area contributed by atoms with Gasteiger partial charge in [-0.1, -0.05) is 11.3 Å². The molecule has 0 aliphatic carbocycles. The Balaban J connectivity index is 1.69. The lowest BCUT2D eigenvalue weighted by atomic mass is 10.0. The average molecular weight is 394 g/mol. The second-order valence-electron chi connectivity index (χ2n) is 7.32. The topological polar surface area (TPSA) is 91.3 Å². The number of ether oxygens (including phenoxy) is 2. The minimum absolute atomic E-state index is 0.227. The summed E-state index contributed by atoms with van der Waals surface area (Å²) in [5.74, 6) is 1.26. The normalized spacial score (nSPS) is 14.4. The van der Waals surface area contributed by atoms with E-state index in [9.17, 15) is 0 Å². The number of hydrogen-bond donors (Lipinski definition) is 1. The van der Waals surface area contributed by atoms with Crippen molar-refractivity contribution in [1.29, 1.82) is 0 Å². The van der Waals surface area contributed by atoms with Gasteiger partial charge in [-0.2, -0.15) is 0 Å². The number of benzene rings is 1. The van der Waals surface area contributed by atoms with Gasteiger partial charge in [-0.3, -0.25) is 0 Å². The Kier molecular flexibility index (Phi) is 5.35. The molecule has 1 aliphatic rings. The third-order valence-electron chi connectivity index (χ3n) is 5.10. The van der Waals surface area contributed by atoms with E-state index in [2.05, 4.69) is 46.2 Å². The average Bonchev–Trinajstić information content (AvgIpc) is 3.25. The van der Waals surface area contributed by atoms with Gasteiger partial charge in [-0.05, 0) is 37.6 Å². The Labute approximate surface area is 170 Å². The van der Waals surface area contributed by atoms with Gasteiger partial charge < -0.3 is 20.1 Å². The molecular formula is C21H26N6O2. The molecule has 1 aliphatic heterocycles. The van der Waals surface area contributed by atoms with Crippen molar-refractivity contribution in [3.05, 3.63) is 36.7 Å². The number of hydrogen-bond acceptors (Lipinski definition) is 7. The number of pyridine rings is 1. The third-order valence-corrected chi connectivity index (χ3v) is 5.10. The number of aromatic nitrogens is 4. The van der Waals surface area contributed by atoms with Gasteiger partial charge in [-0.15, -0.1) is 5.10 Å². The second kappa shape index (κ2) is 8.08. The van der Waals surface area contributed by atoms with Gasteiger partial charge in [0.2, 0.25) is 0 Å². The van der Waals surface area contributed by atoms with E-state index >= 15 is 0 Å². The third kappa shape index (κ3) is 3.88. The zero-order valence-electron chi connectivity index (χ0n) is 17.0. The van der Waals surface area contributed by atoms with Crippen LogP contribution in [0.15, 0.2) is 36.7 Å². The van der Waals surface area contributed by atoms with Gasteiger partial charge in [0.05, 0.1) is 32.2 Å². The van der Waals surface area contributed by atoms with Crippen LogP contribution in [0.2, 0.25) is 0 Å².